The SMILES string of the molecule is C=C[C@H](C)[C@H](Cc1ccccc1)C(=O)O. The van der Waals surface area contributed by atoms with Crippen LogP contribution in [-0.4, -0.2) is 11.1 Å². The molecule has 0 bridgehead atoms. The number of aliphatic carboxylic acids is 1. The lowest BCUT2D eigenvalue weighted by atomic mass is 9.88. The summed E-state index contributed by atoms with van der Waals surface area (Å²) in [5.74, 6) is -1.15. The van der Waals surface area contributed by atoms with Gasteiger partial charge in [-0.15, -0.1) is 6.58 Å². The van der Waals surface area contributed by atoms with Crippen molar-refractivity contribution >= 4 is 5.97 Å². The third-order valence-electron chi connectivity index (χ3n) is 2.62. The minimum Gasteiger partial charge on any atom is -0.481 e. The first-order chi connectivity index (χ1) is 7.15. The predicted octanol–water partition coefficient (Wildman–Crippen LogP) is 2.75. The number of carbonyl (C=O) groups is 1. The van der Waals surface area contributed by atoms with Crippen molar-refractivity contribution in [1.82, 2.24) is 0 Å². The van der Waals surface area contributed by atoms with Crippen molar-refractivity contribution in [1.29, 1.82) is 0 Å². The van der Waals surface area contributed by atoms with E-state index in [0.717, 1.165) is 5.56 Å². The van der Waals surface area contributed by atoms with E-state index in [1.165, 1.54) is 0 Å². The highest BCUT2D eigenvalue weighted by Crippen LogP contribution is 2.18. The lowest BCUT2D eigenvalue weighted by Crippen LogP contribution is -2.22. The van der Waals surface area contributed by atoms with Crippen molar-refractivity contribution in [2.24, 2.45) is 11.8 Å². The summed E-state index contributed by atoms with van der Waals surface area (Å²) in [6, 6.07) is 9.67. The summed E-state index contributed by atoms with van der Waals surface area (Å²) in [6.07, 6.45) is 2.26. The topological polar surface area (TPSA) is 37.3 Å². The van der Waals surface area contributed by atoms with Crippen molar-refractivity contribution in [3.63, 3.8) is 0 Å². The third kappa shape index (κ3) is 3.24. The van der Waals surface area contributed by atoms with Crippen LogP contribution in [0, 0.1) is 11.8 Å². The minimum atomic E-state index is -0.758. The molecule has 0 aliphatic heterocycles. The Bertz CT molecular complexity index is 330. The van der Waals surface area contributed by atoms with Crippen LogP contribution in [-0.2, 0) is 11.2 Å². The van der Waals surface area contributed by atoms with Gasteiger partial charge in [0.15, 0.2) is 0 Å². The van der Waals surface area contributed by atoms with Gasteiger partial charge in [-0.05, 0) is 17.9 Å². The van der Waals surface area contributed by atoms with Crippen molar-refractivity contribution in [2.75, 3.05) is 0 Å². The number of hydrogen-bond donors (Lipinski definition) is 1. The fourth-order valence-corrected chi connectivity index (χ4v) is 1.53. The summed E-state index contributed by atoms with van der Waals surface area (Å²) in [4.78, 5) is 11.1. The summed E-state index contributed by atoms with van der Waals surface area (Å²) >= 11 is 0. The molecule has 0 fully saturated rings. The molecule has 0 radical (unpaired) electrons. The Morgan fingerprint density at radius 3 is 2.53 bits per heavy atom. The zero-order valence-electron chi connectivity index (χ0n) is 8.89. The second kappa shape index (κ2) is 5.35. The fraction of sp³-hybridized carbons (Fsp3) is 0.308. The average Bonchev–Trinajstić information content (AvgIpc) is 2.26. The second-order valence-corrected chi connectivity index (χ2v) is 3.73. The van der Waals surface area contributed by atoms with Gasteiger partial charge in [0.1, 0.15) is 0 Å². The van der Waals surface area contributed by atoms with Crippen LogP contribution in [0.25, 0.3) is 0 Å². The molecule has 15 heavy (non-hydrogen) atoms. The first kappa shape index (κ1) is 11.5. The molecule has 0 aliphatic rings. The van der Waals surface area contributed by atoms with Crippen molar-refractivity contribution in [3.05, 3.63) is 48.6 Å². The van der Waals surface area contributed by atoms with E-state index in [4.69, 9.17) is 5.11 Å². The quantitative estimate of drug-likeness (QED) is 0.749. The Balaban J connectivity index is 2.76. The molecule has 2 heteroatoms. The van der Waals surface area contributed by atoms with Crippen molar-refractivity contribution < 1.29 is 9.90 Å². The molecule has 0 amide bonds. The number of hydrogen-bond acceptors (Lipinski definition) is 1. The minimum absolute atomic E-state index is 0.0114. The largest absolute Gasteiger partial charge is 0.481 e. The molecule has 0 spiro atoms. The van der Waals surface area contributed by atoms with E-state index < -0.39 is 5.97 Å². The molecular weight excluding hydrogens is 188 g/mol. The Kier molecular flexibility index (Phi) is 4.10. The highest BCUT2D eigenvalue weighted by molar-refractivity contribution is 5.71. The van der Waals surface area contributed by atoms with E-state index in [0.29, 0.717) is 6.42 Å². The maximum Gasteiger partial charge on any atom is 0.307 e. The average molecular weight is 204 g/mol. The molecule has 0 aliphatic carbocycles. The van der Waals surface area contributed by atoms with Crippen molar-refractivity contribution in [3.8, 4) is 0 Å². The number of allylic oxidation sites excluding steroid dienone is 1. The zero-order valence-corrected chi connectivity index (χ0v) is 8.89. The van der Waals surface area contributed by atoms with Crippen LogP contribution in [0.5, 0.6) is 0 Å². The van der Waals surface area contributed by atoms with Gasteiger partial charge in [-0.1, -0.05) is 43.3 Å². The Hall–Kier alpha value is -1.57. The molecule has 0 aromatic heterocycles. The van der Waals surface area contributed by atoms with Crippen LogP contribution in [0.15, 0.2) is 43.0 Å². The summed E-state index contributed by atoms with van der Waals surface area (Å²) < 4.78 is 0. The summed E-state index contributed by atoms with van der Waals surface area (Å²) in [6.45, 7) is 5.53. The molecule has 1 N–H and O–H groups in total. The van der Waals surface area contributed by atoms with Gasteiger partial charge in [0.05, 0.1) is 5.92 Å². The summed E-state index contributed by atoms with van der Waals surface area (Å²) in [5.41, 5.74) is 1.05. The van der Waals surface area contributed by atoms with Crippen LogP contribution < -0.4 is 0 Å². The van der Waals surface area contributed by atoms with Gasteiger partial charge in [0.25, 0.3) is 0 Å². The van der Waals surface area contributed by atoms with Crippen LogP contribution in [0.3, 0.4) is 0 Å². The van der Waals surface area contributed by atoms with E-state index >= 15 is 0 Å². The van der Waals surface area contributed by atoms with Crippen LogP contribution in [0.4, 0.5) is 0 Å². The number of carboxylic acids is 1. The third-order valence-corrected chi connectivity index (χ3v) is 2.62. The van der Waals surface area contributed by atoms with E-state index in [1.54, 1.807) is 6.08 Å². The fourth-order valence-electron chi connectivity index (χ4n) is 1.53. The highest BCUT2D eigenvalue weighted by atomic mass is 16.4. The maximum absolute atomic E-state index is 11.1. The monoisotopic (exact) mass is 204 g/mol. The molecule has 2 atom stereocenters. The number of rotatable bonds is 5. The zero-order chi connectivity index (χ0) is 11.3. The maximum atomic E-state index is 11.1. The van der Waals surface area contributed by atoms with Gasteiger partial charge in [-0.2, -0.15) is 0 Å². The molecular formula is C13H16O2. The first-order valence-corrected chi connectivity index (χ1v) is 5.04. The molecule has 0 heterocycles. The van der Waals surface area contributed by atoms with Crippen LogP contribution in [0.2, 0.25) is 0 Å². The van der Waals surface area contributed by atoms with Crippen LogP contribution in [0.1, 0.15) is 12.5 Å². The van der Waals surface area contributed by atoms with E-state index in [-0.39, 0.29) is 11.8 Å². The van der Waals surface area contributed by atoms with E-state index in [1.807, 2.05) is 37.3 Å². The van der Waals surface area contributed by atoms with Gasteiger partial charge in [-0.3, -0.25) is 4.79 Å². The second-order valence-electron chi connectivity index (χ2n) is 3.73. The predicted molar refractivity (Wildman–Crippen MR) is 60.6 cm³/mol. The van der Waals surface area contributed by atoms with E-state index in [9.17, 15) is 4.79 Å². The smallest absolute Gasteiger partial charge is 0.307 e. The first-order valence-electron chi connectivity index (χ1n) is 5.04. The lowest BCUT2D eigenvalue weighted by Gasteiger charge is -2.16. The van der Waals surface area contributed by atoms with Crippen LogP contribution >= 0.6 is 0 Å². The molecule has 1 aromatic rings. The Morgan fingerprint density at radius 1 is 1.47 bits per heavy atom. The molecule has 2 nitrogen and oxygen atoms in total. The van der Waals surface area contributed by atoms with Crippen molar-refractivity contribution in [2.45, 2.75) is 13.3 Å². The molecule has 80 valence electrons. The highest BCUT2D eigenvalue weighted by Gasteiger charge is 2.22. The van der Waals surface area contributed by atoms with Gasteiger partial charge in [-0.25, -0.2) is 0 Å². The number of benzene rings is 1. The summed E-state index contributed by atoms with van der Waals surface area (Å²) in [7, 11) is 0. The van der Waals surface area contributed by atoms with Gasteiger partial charge in [0.2, 0.25) is 0 Å². The molecule has 1 rings (SSSR count). The Morgan fingerprint density at radius 2 is 2.07 bits per heavy atom. The lowest BCUT2D eigenvalue weighted by molar-refractivity contribution is -0.142. The Labute approximate surface area is 90.3 Å². The molecule has 0 saturated carbocycles. The van der Waals surface area contributed by atoms with Gasteiger partial charge >= 0.3 is 5.97 Å². The normalized spacial score (nSPS) is 14.2. The summed E-state index contributed by atoms with van der Waals surface area (Å²) in [5, 5.41) is 9.09. The molecule has 1 aromatic carbocycles. The molecule has 0 unspecified atom stereocenters. The molecule has 0 saturated heterocycles. The van der Waals surface area contributed by atoms with E-state index in [2.05, 4.69) is 6.58 Å². The standard InChI is InChI=1S/C13H16O2/c1-3-10(2)12(13(14)15)9-11-7-5-4-6-8-11/h3-8,10,12H,1,9H2,2H3,(H,14,15)/t10-,12-/m0/s1. The van der Waals surface area contributed by atoms with Gasteiger partial charge in [0, 0.05) is 0 Å². The van der Waals surface area contributed by atoms with Gasteiger partial charge < -0.3 is 5.11 Å². The number of carboxylic acid groups (broad SMARTS) is 1.